The lowest BCUT2D eigenvalue weighted by Gasteiger charge is -2.14. The standard InChI is InChI=1S/C17H20ClNO2/c1-4-20-14-6-5-7-15(11-14)21-17-9-8-13(10-16(17)18)12(2)19-3/h5-12,19H,4H2,1-3H3. The first-order chi connectivity index (χ1) is 10.1. The minimum atomic E-state index is 0.248. The van der Waals surface area contributed by atoms with E-state index in [1.807, 2.05) is 56.4 Å². The highest BCUT2D eigenvalue weighted by Crippen LogP contribution is 2.32. The van der Waals surface area contributed by atoms with Crippen LogP contribution in [0.1, 0.15) is 25.5 Å². The van der Waals surface area contributed by atoms with Gasteiger partial charge in [0.1, 0.15) is 17.2 Å². The molecule has 0 saturated carbocycles. The summed E-state index contributed by atoms with van der Waals surface area (Å²) in [6.45, 7) is 4.66. The summed E-state index contributed by atoms with van der Waals surface area (Å²) in [5.41, 5.74) is 1.12. The monoisotopic (exact) mass is 305 g/mol. The first-order valence-corrected chi connectivity index (χ1v) is 7.39. The van der Waals surface area contributed by atoms with Gasteiger partial charge in [0.2, 0.25) is 0 Å². The zero-order chi connectivity index (χ0) is 15.2. The number of hydrogen-bond donors (Lipinski definition) is 1. The van der Waals surface area contributed by atoms with Crippen LogP contribution in [-0.4, -0.2) is 13.7 Å². The molecule has 2 rings (SSSR count). The lowest BCUT2D eigenvalue weighted by atomic mass is 10.1. The predicted octanol–water partition coefficient (Wildman–Crippen LogP) is 4.81. The molecule has 1 atom stereocenters. The van der Waals surface area contributed by atoms with Crippen molar-refractivity contribution in [3.05, 3.63) is 53.1 Å². The molecule has 0 spiro atoms. The van der Waals surface area contributed by atoms with E-state index in [1.165, 1.54) is 0 Å². The number of benzene rings is 2. The average Bonchev–Trinajstić information content (AvgIpc) is 2.49. The Morgan fingerprint density at radius 3 is 2.57 bits per heavy atom. The van der Waals surface area contributed by atoms with Gasteiger partial charge in [-0.3, -0.25) is 0 Å². The summed E-state index contributed by atoms with van der Waals surface area (Å²) in [5, 5.41) is 3.78. The molecule has 0 radical (unpaired) electrons. The Bertz CT molecular complexity index is 601. The maximum atomic E-state index is 6.30. The Balaban J connectivity index is 2.18. The van der Waals surface area contributed by atoms with E-state index < -0.39 is 0 Å². The molecule has 3 nitrogen and oxygen atoms in total. The summed E-state index contributed by atoms with van der Waals surface area (Å²) >= 11 is 6.30. The molecule has 4 heteroatoms. The molecule has 112 valence electrons. The Morgan fingerprint density at radius 2 is 1.90 bits per heavy atom. The van der Waals surface area contributed by atoms with E-state index in [9.17, 15) is 0 Å². The summed E-state index contributed by atoms with van der Waals surface area (Å²) in [7, 11) is 1.92. The van der Waals surface area contributed by atoms with Crippen LogP contribution in [0, 0.1) is 0 Å². The third-order valence-electron chi connectivity index (χ3n) is 3.23. The lowest BCUT2D eigenvalue weighted by Crippen LogP contribution is -2.12. The third-order valence-corrected chi connectivity index (χ3v) is 3.53. The third kappa shape index (κ3) is 4.13. The molecule has 0 bridgehead atoms. The zero-order valence-corrected chi connectivity index (χ0v) is 13.3. The van der Waals surface area contributed by atoms with Crippen LogP contribution in [-0.2, 0) is 0 Å². The van der Waals surface area contributed by atoms with Crippen molar-refractivity contribution < 1.29 is 9.47 Å². The van der Waals surface area contributed by atoms with Gasteiger partial charge in [0.15, 0.2) is 0 Å². The summed E-state index contributed by atoms with van der Waals surface area (Å²) in [5.74, 6) is 2.13. The van der Waals surface area contributed by atoms with E-state index in [1.54, 1.807) is 0 Å². The second kappa shape index (κ2) is 7.34. The van der Waals surface area contributed by atoms with Crippen LogP contribution in [0.25, 0.3) is 0 Å². The number of rotatable bonds is 6. The van der Waals surface area contributed by atoms with E-state index in [2.05, 4.69) is 12.2 Å². The first-order valence-electron chi connectivity index (χ1n) is 7.01. The number of nitrogens with one attached hydrogen (secondary N) is 1. The van der Waals surface area contributed by atoms with Crippen molar-refractivity contribution in [2.45, 2.75) is 19.9 Å². The maximum Gasteiger partial charge on any atom is 0.146 e. The van der Waals surface area contributed by atoms with Crippen molar-refractivity contribution in [2.75, 3.05) is 13.7 Å². The Hall–Kier alpha value is -1.71. The molecule has 2 aromatic rings. The summed E-state index contributed by atoms with van der Waals surface area (Å²) < 4.78 is 11.3. The molecule has 0 heterocycles. The van der Waals surface area contributed by atoms with Gasteiger partial charge in [0.05, 0.1) is 11.6 Å². The highest BCUT2D eigenvalue weighted by Gasteiger charge is 2.08. The van der Waals surface area contributed by atoms with Crippen molar-refractivity contribution >= 4 is 11.6 Å². The van der Waals surface area contributed by atoms with Gasteiger partial charge >= 0.3 is 0 Å². The SMILES string of the molecule is CCOc1cccc(Oc2ccc(C(C)NC)cc2Cl)c1. The predicted molar refractivity (Wildman–Crippen MR) is 86.6 cm³/mol. The van der Waals surface area contributed by atoms with E-state index in [0.29, 0.717) is 23.1 Å². The summed E-state index contributed by atoms with van der Waals surface area (Å²) in [4.78, 5) is 0. The zero-order valence-electron chi connectivity index (χ0n) is 12.5. The van der Waals surface area contributed by atoms with Crippen LogP contribution in [0.3, 0.4) is 0 Å². The highest BCUT2D eigenvalue weighted by molar-refractivity contribution is 6.32. The Kier molecular flexibility index (Phi) is 5.48. The largest absolute Gasteiger partial charge is 0.494 e. The van der Waals surface area contributed by atoms with Crippen molar-refractivity contribution in [3.8, 4) is 17.2 Å². The van der Waals surface area contributed by atoms with E-state index in [4.69, 9.17) is 21.1 Å². The molecule has 0 amide bonds. The molecule has 0 aromatic heterocycles. The van der Waals surface area contributed by atoms with Crippen LogP contribution in [0.5, 0.6) is 17.2 Å². The van der Waals surface area contributed by atoms with Crippen molar-refractivity contribution in [1.82, 2.24) is 5.32 Å². The van der Waals surface area contributed by atoms with Crippen LogP contribution in [0.4, 0.5) is 0 Å². The topological polar surface area (TPSA) is 30.5 Å². The Morgan fingerprint density at radius 1 is 1.14 bits per heavy atom. The Labute approximate surface area is 130 Å². The van der Waals surface area contributed by atoms with Crippen molar-refractivity contribution in [2.24, 2.45) is 0 Å². The van der Waals surface area contributed by atoms with Gasteiger partial charge in [-0.25, -0.2) is 0 Å². The van der Waals surface area contributed by atoms with Gasteiger partial charge in [-0.2, -0.15) is 0 Å². The molecule has 0 saturated heterocycles. The van der Waals surface area contributed by atoms with Gasteiger partial charge in [0.25, 0.3) is 0 Å². The van der Waals surface area contributed by atoms with Crippen LogP contribution in [0.15, 0.2) is 42.5 Å². The average molecular weight is 306 g/mol. The number of hydrogen-bond acceptors (Lipinski definition) is 3. The lowest BCUT2D eigenvalue weighted by molar-refractivity contribution is 0.338. The normalized spacial score (nSPS) is 12.0. The molecule has 2 aromatic carbocycles. The molecule has 0 fully saturated rings. The molecule has 21 heavy (non-hydrogen) atoms. The fourth-order valence-corrected chi connectivity index (χ4v) is 2.18. The van der Waals surface area contributed by atoms with E-state index in [-0.39, 0.29) is 6.04 Å². The van der Waals surface area contributed by atoms with Gasteiger partial charge in [-0.15, -0.1) is 0 Å². The van der Waals surface area contributed by atoms with Gasteiger partial charge in [0, 0.05) is 12.1 Å². The van der Waals surface area contributed by atoms with Crippen molar-refractivity contribution in [3.63, 3.8) is 0 Å². The van der Waals surface area contributed by atoms with Crippen LogP contribution < -0.4 is 14.8 Å². The minimum absolute atomic E-state index is 0.248. The molecule has 0 aliphatic carbocycles. The van der Waals surface area contributed by atoms with Gasteiger partial charge in [-0.1, -0.05) is 23.7 Å². The van der Waals surface area contributed by atoms with Crippen LogP contribution >= 0.6 is 11.6 Å². The molecule has 0 aliphatic rings. The molecular weight excluding hydrogens is 286 g/mol. The molecular formula is C17H20ClNO2. The molecule has 1 unspecified atom stereocenters. The number of ether oxygens (including phenoxy) is 2. The summed E-state index contributed by atoms with van der Waals surface area (Å²) in [6, 6.07) is 13.6. The smallest absolute Gasteiger partial charge is 0.146 e. The van der Waals surface area contributed by atoms with Gasteiger partial charge < -0.3 is 14.8 Å². The highest BCUT2D eigenvalue weighted by atomic mass is 35.5. The maximum absolute atomic E-state index is 6.30. The fourth-order valence-electron chi connectivity index (χ4n) is 1.96. The van der Waals surface area contributed by atoms with Crippen molar-refractivity contribution in [1.29, 1.82) is 0 Å². The summed E-state index contributed by atoms with van der Waals surface area (Å²) in [6.07, 6.45) is 0. The van der Waals surface area contributed by atoms with E-state index in [0.717, 1.165) is 11.3 Å². The second-order valence-corrected chi connectivity index (χ2v) is 5.12. The minimum Gasteiger partial charge on any atom is -0.494 e. The second-order valence-electron chi connectivity index (χ2n) is 4.71. The van der Waals surface area contributed by atoms with Crippen LogP contribution in [0.2, 0.25) is 5.02 Å². The molecule has 1 N–H and O–H groups in total. The number of halogens is 1. The quantitative estimate of drug-likeness (QED) is 0.830. The van der Waals surface area contributed by atoms with E-state index >= 15 is 0 Å². The fraction of sp³-hybridized carbons (Fsp3) is 0.294. The molecule has 0 aliphatic heterocycles. The first kappa shape index (κ1) is 15.7. The van der Waals surface area contributed by atoms with Gasteiger partial charge in [-0.05, 0) is 50.7 Å².